The molecule has 0 atom stereocenters. The highest BCUT2D eigenvalue weighted by molar-refractivity contribution is 9.13. The molecule has 19 heavy (non-hydrogen) atoms. The zero-order chi connectivity index (χ0) is 13.8. The number of carbonyl (C=O) groups is 1. The molecular weight excluding hydrogens is 372 g/mol. The number of nitrogens with two attached hydrogens (primary N) is 1. The van der Waals surface area contributed by atoms with Crippen LogP contribution in [0.25, 0.3) is 0 Å². The second-order valence-corrected chi connectivity index (χ2v) is 5.75. The van der Waals surface area contributed by atoms with E-state index in [-0.39, 0.29) is 0 Å². The lowest BCUT2D eigenvalue weighted by Crippen LogP contribution is -2.10. The van der Waals surface area contributed by atoms with Gasteiger partial charge in [0.1, 0.15) is 0 Å². The fraction of sp³-hybridized carbons (Fsp3) is 0.0714. The highest BCUT2D eigenvalue weighted by Crippen LogP contribution is 2.24. The van der Waals surface area contributed by atoms with Crippen molar-refractivity contribution in [3.05, 3.63) is 62.5 Å². The Labute approximate surface area is 128 Å². The molecule has 0 spiro atoms. The van der Waals surface area contributed by atoms with E-state index in [4.69, 9.17) is 5.73 Å². The van der Waals surface area contributed by atoms with Crippen LogP contribution in [-0.4, -0.2) is 5.91 Å². The number of halogens is 2. The average molecular weight is 384 g/mol. The van der Waals surface area contributed by atoms with Crippen molar-refractivity contribution in [2.24, 2.45) is 5.73 Å². The molecule has 0 radical (unpaired) electrons. The monoisotopic (exact) mass is 382 g/mol. The molecule has 0 bridgehead atoms. The highest BCUT2D eigenvalue weighted by Gasteiger charge is 2.01. The number of nitrogens with one attached hydrogen (secondary N) is 1. The maximum Gasteiger partial charge on any atom is 0.248 e. The second-order valence-electron chi connectivity index (χ2n) is 4.04. The van der Waals surface area contributed by atoms with Gasteiger partial charge in [-0.05, 0) is 73.8 Å². The van der Waals surface area contributed by atoms with Gasteiger partial charge in [-0.15, -0.1) is 0 Å². The van der Waals surface area contributed by atoms with Crippen LogP contribution in [0.2, 0.25) is 0 Å². The normalized spacial score (nSPS) is 10.2. The second kappa shape index (κ2) is 6.21. The molecule has 98 valence electrons. The van der Waals surface area contributed by atoms with Crippen LogP contribution in [0.15, 0.2) is 51.4 Å². The number of hydrogen-bond acceptors (Lipinski definition) is 2. The van der Waals surface area contributed by atoms with E-state index in [2.05, 4.69) is 43.2 Å². The van der Waals surface area contributed by atoms with E-state index >= 15 is 0 Å². The van der Waals surface area contributed by atoms with Crippen molar-refractivity contribution in [3.8, 4) is 0 Å². The SMILES string of the molecule is NC(=O)c1ccc(NCc2ccc(Br)c(Br)c2)cc1. The Hall–Kier alpha value is -1.33. The van der Waals surface area contributed by atoms with Crippen LogP contribution in [0.1, 0.15) is 15.9 Å². The number of carbonyl (C=O) groups excluding carboxylic acids is 1. The van der Waals surface area contributed by atoms with E-state index in [1.54, 1.807) is 12.1 Å². The fourth-order valence-electron chi connectivity index (χ4n) is 1.61. The molecule has 2 rings (SSSR count). The standard InChI is InChI=1S/C14H12Br2N2O/c15-12-6-1-9(7-13(12)16)8-18-11-4-2-10(3-5-11)14(17)19/h1-7,18H,8H2,(H2,17,19). The van der Waals surface area contributed by atoms with E-state index in [0.29, 0.717) is 12.1 Å². The zero-order valence-corrected chi connectivity index (χ0v) is 13.2. The Morgan fingerprint density at radius 3 is 2.32 bits per heavy atom. The topological polar surface area (TPSA) is 55.1 Å². The van der Waals surface area contributed by atoms with Crippen molar-refractivity contribution in [2.75, 3.05) is 5.32 Å². The average Bonchev–Trinajstić information content (AvgIpc) is 2.40. The molecule has 0 saturated carbocycles. The number of amides is 1. The maximum atomic E-state index is 11.0. The van der Waals surface area contributed by atoms with Crippen molar-refractivity contribution in [1.29, 1.82) is 0 Å². The van der Waals surface area contributed by atoms with Gasteiger partial charge in [-0.1, -0.05) is 6.07 Å². The molecular formula is C14H12Br2N2O. The van der Waals surface area contributed by atoms with Gasteiger partial charge in [-0.2, -0.15) is 0 Å². The third kappa shape index (κ3) is 3.81. The summed E-state index contributed by atoms with van der Waals surface area (Å²) in [5.74, 6) is -0.414. The van der Waals surface area contributed by atoms with Crippen LogP contribution in [0.4, 0.5) is 5.69 Å². The summed E-state index contributed by atoms with van der Waals surface area (Å²) in [6.07, 6.45) is 0. The van der Waals surface area contributed by atoms with Crippen molar-refractivity contribution in [1.82, 2.24) is 0 Å². The van der Waals surface area contributed by atoms with Crippen molar-refractivity contribution >= 4 is 43.5 Å². The van der Waals surface area contributed by atoms with Crippen LogP contribution in [0.5, 0.6) is 0 Å². The van der Waals surface area contributed by atoms with Crippen molar-refractivity contribution in [2.45, 2.75) is 6.54 Å². The molecule has 2 aromatic carbocycles. The molecule has 0 aliphatic carbocycles. The lowest BCUT2D eigenvalue weighted by Gasteiger charge is -2.08. The summed E-state index contributed by atoms with van der Waals surface area (Å²) in [7, 11) is 0. The lowest BCUT2D eigenvalue weighted by molar-refractivity contribution is 0.100. The van der Waals surface area contributed by atoms with E-state index in [1.807, 2.05) is 24.3 Å². The van der Waals surface area contributed by atoms with Crippen LogP contribution in [0, 0.1) is 0 Å². The van der Waals surface area contributed by atoms with Crippen molar-refractivity contribution in [3.63, 3.8) is 0 Å². The van der Waals surface area contributed by atoms with Crippen LogP contribution < -0.4 is 11.1 Å². The summed E-state index contributed by atoms with van der Waals surface area (Å²) < 4.78 is 2.05. The molecule has 0 unspecified atom stereocenters. The first kappa shape index (κ1) is 14.1. The number of anilines is 1. The minimum absolute atomic E-state index is 0.414. The molecule has 5 heteroatoms. The highest BCUT2D eigenvalue weighted by atomic mass is 79.9. The van der Waals surface area contributed by atoms with Gasteiger partial charge < -0.3 is 11.1 Å². The van der Waals surface area contributed by atoms with E-state index in [1.165, 1.54) is 0 Å². The molecule has 3 N–H and O–H groups in total. The smallest absolute Gasteiger partial charge is 0.248 e. The Morgan fingerprint density at radius 2 is 1.74 bits per heavy atom. The van der Waals surface area contributed by atoms with Gasteiger partial charge in [0.05, 0.1) is 0 Å². The first-order valence-electron chi connectivity index (χ1n) is 5.64. The van der Waals surface area contributed by atoms with Crippen LogP contribution in [0.3, 0.4) is 0 Å². The first-order chi connectivity index (χ1) is 9.06. The number of hydrogen-bond donors (Lipinski definition) is 2. The summed E-state index contributed by atoms with van der Waals surface area (Å²) in [5, 5.41) is 3.29. The minimum Gasteiger partial charge on any atom is -0.381 e. The summed E-state index contributed by atoms with van der Waals surface area (Å²) in [6.45, 7) is 0.710. The molecule has 2 aromatic rings. The summed E-state index contributed by atoms with van der Waals surface area (Å²) in [6, 6.07) is 13.2. The maximum absolute atomic E-state index is 11.0. The Bertz CT molecular complexity index is 597. The summed E-state index contributed by atoms with van der Waals surface area (Å²) in [5.41, 5.74) is 7.81. The Kier molecular flexibility index (Phi) is 4.61. The van der Waals surface area contributed by atoms with Crippen LogP contribution >= 0.6 is 31.9 Å². The third-order valence-electron chi connectivity index (χ3n) is 2.65. The summed E-state index contributed by atoms with van der Waals surface area (Å²) >= 11 is 6.91. The first-order valence-corrected chi connectivity index (χ1v) is 7.22. The van der Waals surface area contributed by atoms with E-state index in [0.717, 1.165) is 20.2 Å². The van der Waals surface area contributed by atoms with Gasteiger partial charge in [-0.3, -0.25) is 4.79 Å². The van der Waals surface area contributed by atoms with Gasteiger partial charge in [0.2, 0.25) is 5.91 Å². The van der Waals surface area contributed by atoms with Gasteiger partial charge in [0.25, 0.3) is 0 Å². The molecule has 0 saturated heterocycles. The Morgan fingerprint density at radius 1 is 1.05 bits per heavy atom. The predicted octanol–water partition coefficient (Wildman–Crippen LogP) is 3.92. The number of rotatable bonds is 4. The molecule has 0 aliphatic rings. The summed E-state index contributed by atoms with van der Waals surface area (Å²) in [4.78, 5) is 11.0. The van der Waals surface area contributed by atoms with Gasteiger partial charge in [-0.25, -0.2) is 0 Å². The fourth-order valence-corrected chi connectivity index (χ4v) is 2.28. The molecule has 1 amide bonds. The minimum atomic E-state index is -0.414. The lowest BCUT2D eigenvalue weighted by atomic mass is 10.2. The zero-order valence-electron chi connectivity index (χ0n) is 9.99. The van der Waals surface area contributed by atoms with Crippen molar-refractivity contribution < 1.29 is 4.79 Å². The van der Waals surface area contributed by atoms with E-state index in [9.17, 15) is 4.79 Å². The number of primary amides is 1. The third-order valence-corrected chi connectivity index (χ3v) is 4.53. The molecule has 0 heterocycles. The molecule has 0 aliphatic heterocycles. The molecule has 0 fully saturated rings. The largest absolute Gasteiger partial charge is 0.381 e. The Balaban J connectivity index is 2.01. The van der Waals surface area contributed by atoms with Gasteiger partial charge >= 0.3 is 0 Å². The molecule has 0 aromatic heterocycles. The quantitative estimate of drug-likeness (QED) is 0.840. The predicted molar refractivity (Wildman–Crippen MR) is 84.1 cm³/mol. The number of benzene rings is 2. The van der Waals surface area contributed by atoms with Crippen LogP contribution in [-0.2, 0) is 6.54 Å². The van der Waals surface area contributed by atoms with Gasteiger partial charge in [0, 0.05) is 26.7 Å². The van der Waals surface area contributed by atoms with Gasteiger partial charge in [0.15, 0.2) is 0 Å². The van der Waals surface area contributed by atoms with E-state index < -0.39 is 5.91 Å². The molecule has 3 nitrogen and oxygen atoms in total.